The third kappa shape index (κ3) is 6.65. The summed E-state index contributed by atoms with van der Waals surface area (Å²) in [6.07, 6.45) is 0. The molecule has 322 valence electrons. The number of nitrogens with zero attached hydrogens (tertiary/aromatic N) is 6. The highest BCUT2D eigenvalue weighted by atomic mass is 16.4. The zero-order valence-corrected chi connectivity index (χ0v) is 36.8. The minimum Gasteiger partial charge on any atom is -0.436 e. The van der Waals surface area contributed by atoms with Gasteiger partial charge in [-0.25, -0.2) is 24.9 Å². The maximum Gasteiger partial charge on any atom is 0.227 e. The highest BCUT2D eigenvalue weighted by molar-refractivity contribution is 6.19. The lowest BCUT2D eigenvalue weighted by Crippen LogP contribution is -2.00. The molecule has 0 N–H and O–H groups in total. The fourth-order valence-corrected chi connectivity index (χ4v) is 9.63. The van der Waals surface area contributed by atoms with Crippen molar-refractivity contribution in [2.75, 3.05) is 0 Å². The molecule has 14 aromatic rings. The van der Waals surface area contributed by atoms with Crippen LogP contribution in [0.4, 0.5) is 0 Å². The molecule has 8 nitrogen and oxygen atoms in total. The summed E-state index contributed by atoms with van der Waals surface area (Å²) in [6, 6.07) is 75.3. The molecule has 8 heteroatoms. The normalized spacial score (nSPS) is 11.8. The van der Waals surface area contributed by atoms with Gasteiger partial charge in [0.25, 0.3) is 0 Å². The van der Waals surface area contributed by atoms with Crippen LogP contribution >= 0.6 is 0 Å². The van der Waals surface area contributed by atoms with Crippen molar-refractivity contribution in [3.8, 4) is 73.9 Å². The van der Waals surface area contributed by atoms with Crippen LogP contribution in [0.25, 0.3) is 139 Å². The molecular weight excluding hydrogens is 849 g/mol. The second-order valence-corrected chi connectivity index (χ2v) is 17.3. The Bertz CT molecular complexity index is 4100. The first-order valence-electron chi connectivity index (χ1n) is 22.9. The third-order valence-corrected chi connectivity index (χ3v) is 13.1. The molecule has 0 atom stereocenters. The predicted molar refractivity (Wildman–Crippen MR) is 277 cm³/mol. The maximum absolute atomic E-state index is 6.08. The Morgan fingerprint density at radius 2 is 0.783 bits per heavy atom. The lowest BCUT2D eigenvalue weighted by atomic mass is 10.0. The van der Waals surface area contributed by atoms with Crippen LogP contribution in [0.3, 0.4) is 0 Å². The average molecular weight is 885 g/mol. The molecule has 0 fully saturated rings. The van der Waals surface area contributed by atoms with Crippen molar-refractivity contribution in [2.45, 2.75) is 0 Å². The Morgan fingerprint density at radius 1 is 0.304 bits per heavy atom. The fourth-order valence-electron chi connectivity index (χ4n) is 9.63. The molecule has 14 rings (SSSR count). The number of rotatable bonds is 7. The van der Waals surface area contributed by atoms with Gasteiger partial charge in [-0.05, 0) is 100 Å². The quantitative estimate of drug-likeness (QED) is 0.157. The van der Waals surface area contributed by atoms with Crippen molar-refractivity contribution in [3.05, 3.63) is 218 Å². The molecular formula is C61H36N6O2. The molecule has 0 amide bonds. The van der Waals surface area contributed by atoms with E-state index in [-0.39, 0.29) is 0 Å². The lowest BCUT2D eigenvalue weighted by Gasteiger charge is -2.11. The molecule has 0 saturated carbocycles. The van der Waals surface area contributed by atoms with Crippen LogP contribution < -0.4 is 0 Å². The first-order valence-corrected chi connectivity index (χ1v) is 22.9. The lowest BCUT2D eigenvalue weighted by molar-refractivity contribution is 0.619. The third-order valence-electron chi connectivity index (χ3n) is 13.1. The van der Waals surface area contributed by atoms with Gasteiger partial charge in [0.2, 0.25) is 11.8 Å². The Labute approximate surface area is 394 Å². The summed E-state index contributed by atoms with van der Waals surface area (Å²) in [6.45, 7) is 0. The van der Waals surface area contributed by atoms with Crippen LogP contribution in [0.15, 0.2) is 227 Å². The summed E-state index contributed by atoms with van der Waals surface area (Å²) in [5.41, 5.74) is 13.1. The molecule has 0 aliphatic carbocycles. The molecule has 0 aliphatic heterocycles. The zero-order valence-electron chi connectivity index (χ0n) is 36.8. The monoisotopic (exact) mass is 884 g/mol. The molecule has 0 aliphatic rings. The summed E-state index contributed by atoms with van der Waals surface area (Å²) in [7, 11) is 0. The fraction of sp³-hybridized carbons (Fsp3) is 0. The smallest absolute Gasteiger partial charge is 0.227 e. The van der Waals surface area contributed by atoms with Gasteiger partial charge >= 0.3 is 0 Å². The van der Waals surface area contributed by atoms with Crippen molar-refractivity contribution < 1.29 is 8.83 Å². The van der Waals surface area contributed by atoms with Gasteiger partial charge in [-0.15, -0.1) is 0 Å². The first kappa shape index (κ1) is 38.7. The van der Waals surface area contributed by atoms with Crippen molar-refractivity contribution >= 4 is 65.6 Å². The van der Waals surface area contributed by atoms with Gasteiger partial charge in [0.15, 0.2) is 28.6 Å². The van der Waals surface area contributed by atoms with Crippen molar-refractivity contribution in [3.63, 3.8) is 0 Å². The van der Waals surface area contributed by atoms with Crippen LogP contribution in [0.5, 0.6) is 0 Å². The minimum atomic E-state index is 0.548. The summed E-state index contributed by atoms with van der Waals surface area (Å²) < 4.78 is 14.6. The van der Waals surface area contributed by atoms with E-state index in [4.69, 9.17) is 33.8 Å². The summed E-state index contributed by atoms with van der Waals surface area (Å²) in [5.74, 6) is 2.77. The van der Waals surface area contributed by atoms with E-state index in [2.05, 4.69) is 126 Å². The standard InChI is InChI=1S/C61H36N6O2/c1-2-11-45-35-47(32-29-37(45)9-1)67-53-34-31-46(36-50(53)49-33-30-39-10-3-4-12-48(39)56(49)67)38-17-19-40(20-18-38)57-64-58(41-21-25-43(26-22-41)60-62-51-13-5-7-15-54(51)68-60)66-59(65-57)42-23-27-44(28-24-42)61-63-52-14-6-8-16-55(52)69-61/h1-36H. The van der Waals surface area contributed by atoms with Gasteiger partial charge in [0, 0.05) is 49.7 Å². The number of benzene rings is 10. The molecule has 10 aromatic carbocycles. The van der Waals surface area contributed by atoms with Gasteiger partial charge < -0.3 is 13.4 Å². The molecule has 4 aromatic heterocycles. The Morgan fingerprint density at radius 3 is 1.38 bits per heavy atom. The van der Waals surface area contributed by atoms with Crippen molar-refractivity contribution in [1.29, 1.82) is 0 Å². The van der Waals surface area contributed by atoms with E-state index in [0.717, 1.165) is 72.3 Å². The zero-order chi connectivity index (χ0) is 45.4. The van der Waals surface area contributed by atoms with E-state index >= 15 is 0 Å². The second kappa shape index (κ2) is 15.5. The van der Waals surface area contributed by atoms with E-state index in [1.54, 1.807) is 0 Å². The number of hydrogen-bond acceptors (Lipinski definition) is 7. The van der Waals surface area contributed by atoms with Gasteiger partial charge in [-0.3, -0.25) is 0 Å². The van der Waals surface area contributed by atoms with Gasteiger partial charge in [-0.2, -0.15) is 0 Å². The summed E-state index contributed by atoms with van der Waals surface area (Å²) in [5, 5.41) is 7.28. The van der Waals surface area contributed by atoms with Crippen molar-refractivity contribution in [2.24, 2.45) is 0 Å². The van der Waals surface area contributed by atoms with Crippen molar-refractivity contribution in [1.82, 2.24) is 29.5 Å². The second-order valence-electron chi connectivity index (χ2n) is 17.3. The Hall–Kier alpha value is -9.53. The van der Waals surface area contributed by atoms with E-state index in [1.165, 1.54) is 37.8 Å². The largest absolute Gasteiger partial charge is 0.436 e. The van der Waals surface area contributed by atoms with Gasteiger partial charge in [-0.1, -0.05) is 146 Å². The number of hydrogen-bond donors (Lipinski definition) is 0. The summed E-state index contributed by atoms with van der Waals surface area (Å²) in [4.78, 5) is 24.6. The van der Waals surface area contributed by atoms with E-state index in [0.29, 0.717) is 29.3 Å². The SMILES string of the molecule is c1ccc2cc(-n3c4ccc(-c5ccc(-c6nc(-c7ccc(-c8nc9ccccc9o8)cc7)nc(-c7ccc(-c8nc9ccccc9o8)cc7)n6)cc5)cc4c4ccc5ccccc5c43)ccc2c1. The van der Waals surface area contributed by atoms with E-state index in [9.17, 15) is 0 Å². The van der Waals surface area contributed by atoms with Crippen LogP contribution in [0.2, 0.25) is 0 Å². The number of oxazole rings is 2. The molecule has 0 bridgehead atoms. The van der Waals surface area contributed by atoms with Crippen LogP contribution in [0.1, 0.15) is 0 Å². The van der Waals surface area contributed by atoms with E-state index in [1.807, 2.05) is 97.1 Å². The van der Waals surface area contributed by atoms with Crippen LogP contribution in [-0.2, 0) is 0 Å². The van der Waals surface area contributed by atoms with Gasteiger partial charge in [0.05, 0.1) is 11.0 Å². The van der Waals surface area contributed by atoms with E-state index < -0.39 is 0 Å². The molecule has 69 heavy (non-hydrogen) atoms. The number of para-hydroxylation sites is 4. The first-order chi connectivity index (χ1) is 34.1. The molecule has 0 unspecified atom stereocenters. The molecule has 0 radical (unpaired) electrons. The van der Waals surface area contributed by atoms with Crippen LogP contribution in [-0.4, -0.2) is 29.5 Å². The minimum absolute atomic E-state index is 0.548. The molecule has 4 heterocycles. The predicted octanol–water partition coefficient (Wildman–Crippen LogP) is 15.6. The topological polar surface area (TPSA) is 95.7 Å². The highest BCUT2D eigenvalue weighted by Gasteiger charge is 2.19. The average Bonchev–Trinajstić information content (AvgIpc) is 4.15. The number of fused-ring (bicyclic) bond motifs is 8. The summed E-state index contributed by atoms with van der Waals surface area (Å²) >= 11 is 0. The number of aromatic nitrogens is 6. The molecule has 0 spiro atoms. The van der Waals surface area contributed by atoms with Gasteiger partial charge in [0.1, 0.15) is 11.0 Å². The Kier molecular flexibility index (Phi) is 8.72. The maximum atomic E-state index is 6.08. The van der Waals surface area contributed by atoms with Crippen LogP contribution in [0, 0.1) is 0 Å². The Balaban J connectivity index is 0.850. The molecule has 0 saturated heterocycles. The highest BCUT2D eigenvalue weighted by Crippen LogP contribution is 2.40.